The lowest BCUT2D eigenvalue weighted by molar-refractivity contribution is -0.120. The standard InChI is InChI=1S/C21H24N2O2/c1-15-19(18-6-4-5-7-20(18)23(15)2)14-21(24)22-13-12-16-8-10-17(25-3)11-9-16/h4-11H,12-14H2,1-3H3,(H,22,24). The van der Waals surface area contributed by atoms with Crippen LogP contribution < -0.4 is 10.1 Å². The van der Waals surface area contributed by atoms with Crippen LogP contribution in [0, 0.1) is 6.92 Å². The summed E-state index contributed by atoms with van der Waals surface area (Å²) in [5.41, 5.74) is 4.61. The molecule has 0 saturated heterocycles. The van der Waals surface area contributed by atoms with Gasteiger partial charge in [-0.15, -0.1) is 0 Å². The zero-order valence-corrected chi connectivity index (χ0v) is 15.0. The molecule has 0 saturated carbocycles. The first kappa shape index (κ1) is 17.1. The fraction of sp³-hybridized carbons (Fsp3) is 0.286. The zero-order chi connectivity index (χ0) is 17.8. The van der Waals surface area contributed by atoms with E-state index in [9.17, 15) is 4.79 Å². The average Bonchev–Trinajstić information content (AvgIpc) is 2.88. The second-order valence-corrected chi connectivity index (χ2v) is 6.26. The normalized spacial score (nSPS) is 10.8. The maximum Gasteiger partial charge on any atom is 0.224 e. The molecular formula is C21H24N2O2. The molecule has 0 aliphatic rings. The maximum atomic E-state index is 12.4. The molecule has 0 bridgehead atoms. The number of fused-ring (bicyclic) bond motifs is 1. The van der Waals surface area contributed by atoms with Crippen LogP contribution in [0.5, 0.6) is 5.75 Å². The SMILES string of the molecule is COc1ccc(CCNC(=O)Cc2c(C)n(C)c3ccccc23)cc1. The van der Waals surface area contributed by atoms with Gasteiger partial charge in [0.15, 0.2) is 0 Å². The highest BCUT2D eigenvalue weighted by atomic mass is 16.5. The van der Waals surface area contributed by atoms with Gasteiger partial charge in [-0.25, -0.2) is 0 Å². The summed E-state index contributed by atoms with van der Waals surface area (Å²) in [7, 11) is 3.70. The van der Waals surface area contributed by atoms with Crippen molar-refractivity contribution >= 4 is 16.8 Å². The number of carbonyl (C=O) groups is 1. The predicted octanol–water partition coefficient (Wildman–Crippen LogP) is 3.40. The number of ether oxygens (including phenoxy) is 1. The minimum Gasteiger partial charge on any atom is -0.497 e. The van der Waals surface area contributed by atoms with E-state index in [0.717, 1.165) is 28.8 Å². The van der Waals surface area contributed by atoms with Crippen LogP contribution in [0.3, 0.4) is 0 Å². The Kier molecular flexibility index (Phi) is 5.08. The molecule has 4 nitrogen and oxygen atoms in total. The Balaban J connectivity index is 1.60. The molecule has 0 unspecified atom stereocenters. The predicted molar refractivity (Wildman–Crippen MR) is 101 cm³/mol. The smallest absolute Gasteiger partial charge is 0.224 e. The van der Waals surface area contributed by atoms with Gasteiger partial charge in [-0.05, 0) is 42.7 Å². The van der Waals surface area contributed by atoms with Gasteiger partial charge in [-0.2, -0.15) is 0 Å². The van der Waals surface area contributed by atoms with E-state index in [2.05, 4.69) is 28.9 Å². The van der Waals surface area contributed by atoms with Crippen LogP contribution in [0.4, 0.5) is 0 Å². The van der Waals surface area contributed by atoms with Gasteiger partial charge >= 0.3 is 0 Å². The molecule has 1 aromatic heterocycles. The molecule has 130 valence electrons. The van der Waals surface area contributed by atoms with E-state index in [-0.39, 0.29) is 5.91 Å². The Morgan fingerprint density at radius 1 is 1.12 bits per heavy atom. The molecular weight excluding hydrogens is 312 g/mol. The number of carbonyl (C=O) groups excluding carboxylic acids is 1. The Morgan fingerprint density at radius 3 is 2.56 bits per heavy atom. The first-order valence-electron chi connectivity index (χ1n) is 8.52. The van der Waals surface area contributed by atoms with Crippen molar-refractivity contribution in [2.75, 3.05) is 13.7 Å². The number of aryl methyl sites for hydroxylation is 1. The van der Waals surface area contributed by atoms with E-state index in [4.69, 9.17) is 4.74 Å². The van der Waals surface area contributed by atoms with Crippen molar-refractivity contribution in [2.45, 2.75) is 19.8 Å². The monoisotopic (exact) mass is 336 g/mol. The van der Waals surface area contributed by atoms with Crippen molar-refractivity contribution in [1.29, 1.82) is 0 Å². The third-order valence-corrected chi connectivity index (χ3v) is 4.76. The van der Waals surface area contributed by atoms with E-state index in [1.54, 1.807) is 7.11 Å². The summed E-state index contributed by atoms with van der Waals surface area (Å²) in [6.07, 6.45) is 1.22. The average molecular weight is 336 g/mol. The minimum atomic E-state index is 0.0629. The van der Waals surface area contributed by atoms with Crippen LogP contribution in [0.25, 0.3) is 10.9 Å². The first-order valence-corrected chi connectivity index (χ1v) is 8.52. The van der Waals surface area contributed by atoms with Crippen LogP contribution in [0.1, 0.15) is 16.8 Å². The number of nitrogens with zero attached hydrogens (tertiary/aromatic N) is 1. The van der Waals surface area contributed by atoms with E-state index >= 15 is 0 Å². The molecule has 0 aliphatic carbocycles. The second kappa shape index (κ2) is 7.43. The van der Waals surface area contributed by atoms with E-state index in [0.29, 0.717) is 13.0 Å². The van der Waals surface area contributed by atoms with Gasteiger partial charge in [0, 0.05) is 30.2 Å². The molecule has 4 heteroatoms. The summed E-state index contributed by atoms with van der Waals surface area (Å²) in [6.45, 7) is 2.70. The molecule has 2 aromatic carbocycles. The van der Waals surface area contributed by atoms with E-state index in [1.165, 1.54) is 11.1 Å². The van der Waals surface area contributed by atoms with Crippen LogP contribution in [-0.4, -0.2) is 24.1 Å². The van der Waals surface area contributed by atoms with Crippen molar-refractivity contribution in [2.24, 2.45) is 7.05 Å². The lowest BCUT2D eigenvalue weighted by Crippen LogP contribution is -2.27. The van der Waals surface area contributed by atoms with Crippen LogP contribution in [0.2, 0.25) is 0 Å². The summed E-state index contributed by atoms with van der Waals surface area (Å²) in [6, 6.07) is 16.2. The number of methoxy groups -OCH3 is 1. The molecule has 25 heavy (non-hydrogen) atoms. The molecule has 3 aromatic rings. The van der Waals surface area contributed by atoms with Gasteiger partial charge in [0.2, 0.25) is 5.91 Å². The number of hydrogen-bond donors (Lipinski definition) is 1. The number of nitrogens with one attached hydrogen (secondary N) is 1. The number of amides is 1. The fourth-order valence-electron chi connectivity index (χ4n) is 3.18. The quantitative estimate of drug-likeness (QED) is 0.750. The van der Waals surface area contributed by atoms with Gasteiger partial charge in [-0.1, -0.05) is 30.3 Å². The van der Waals surface area contributed by atoms with Gasteiger partial charge in [0.05, 0.1) is 13.5 Å². The minimum absolute atomic E-state index is 0.0629. The van der Waals surface area contributed by atoms with Crippen molar-refractivity contribution in [3.05, 3.63) is 65.4 Å². The molecule has 1 amide bonds. The van der Waals surface area contributed by atoms with Gasteiger partial charge in [0.25, 0.3) is 0 Å². The van der Waals surface area contributed by atoms with Gasteiger partial charge in [-0.3, -0.25) is 4.79 Å². The lowest BCUT2D eigenvalue weighted by Gasteiger charge is -2.07. The topological polar surface area (TPSA) is 43.3 Å². The lowest BCUT2D eigenvalue weighted by atomic mass is 10.1. The number of rotatable bonds is 6. The number of para-hydroxylation sites is 1. The second-order valence-electron chi connectivity index (χ2n) is 6.26. The number of hydrogen-bond acceptors (Lipinski definition) is 2. The van der Waals surface area contributed by atoms with Gasteiger partial charge < -0.3 is 14.6 Å². The molecule has 0 atom stereocenters. The Hall–Kier alpha value is -2.75. The van der Waals surface area contributed by atoms with Crippen molar-refractivity contribution in [1.82, 2.24) is 9.88 Å². The Labute approximate surface area is 148 Å². The van der Waals surface area contributed by atoms with E-state index in [1.807, 2.05) is 43.4 Å². The Morgan fingerprint density at radius 2 is 1.84 bits per heavy atom. The third-order valence-electron chi connectivity index (χ3n) is 4.76. The highest BCUT2D eigenvalue weighted by Gasteiger charge is 2.14. The van der Waals surface area contributed by atoms with Crippen molar-refractivity contribution in [3.63, 3.8) is 0 Å². The number of aromatic nitrogens is 1. The molecule has 3 rings (SSSR count). The van der Waals surface area contributed by atoms with Crippen molar-refractivity contribution < 1.29 is 9.53 Å². The summed E-state index contributed by atoms with van der Waals surface area (Å²) in [5.74, 6) is 0.909. The molecule has 0 fully saturated rings. The molecule has 0 aliphatic heterocycles. The van der Waals surface area contributed by atoms with Crippen LogP contribution in [0.15, 0.2) is 48.5 Å². The van der Waals surface area contributed by atoms with Crippen LogP contribution in [-0.2, 0) is 24.7 Å². The molecule has 1 N–H and O–H groups in total. The van der Waals surface area contributed by atoms with Crippen LogP contribution >= 0.6 is 0 Å². The Bertz CT molecular complexity index is 879. The molecule has 0 spiro atoms. The molecule has 1 heterocycles. The third kappa shape index (κ3) is 3.68. The zero-order valence-electron chi connectivity index (χ0n) is 15.0. The summed E-state index contributed by atoms with van der Waals surface area (Å²) < 4.78 is 7.30. The highest BCUT2D eigenvalue weighted by Crippen LogP contribution is 2.25. The fourth-order valence-corrected chi connectivity index (χ4v) is 3.18. The van der Waals surface area contributed by atoms with Gasteiger partial charge in [0.1, 0.15) is 5.75 Å². The highest BCUT2D eigenvalue weighted by molar-refractivity contribution is 5.90. The largest absolute Gasteiger partial charge is 0.497 e. The first-order chi connectivity index (χ1) is 12.1. The summed E-state index contributed by atoms with van der Waals surface area (Å²) >= 11 is 0. The number of benzene rings is 2. The van der Waals surface area contributed by atoms with Crippen molar-refractivity contribution in [3.8, 4) is 5.75 Å². The van der Waals surface area contributed by atoms with E-state index < -0.39 is 0 Å². The summed E-state index contributed by atoms with van der Waals surface area (Å²) in [4.78, 5) is 12.4. The summed E-state index contributed by atoms with van der Waals surface area (Å²) in [5, 5.41) is 4.19. The molecule has 0 radical (unpaired) electrons. The maximum absolute atomic E-state index is 12.4.